The van der Waals surface area contributed by atoms with E-state index in [1.54, 1.807) is 0 Å². The fraction of sp³-hybridized carbons (Fsp3) is 0.929. The summed E-state index contributed by atoms with van der Waals surface area (Å²) in [4.78, 5) is 11.8. The number of carbonyl (C=O) groups is 1. The first kappa shape index (κ1) is 17.3. The molecule has 6 heteroatoms. The highest BCUT2D eigenvalue weighted by Crippen LogP contribution is 2.39. The molecule has 0 heterocycles. The van der Waals surface area contributed by atoms with Gasteiger partial charge in [-0.3, -0.25) is 4.79 Å². The van der Waals surface area contributed by atoms with Crippen LogP contribution >= 0.6 is 0 Å². The summed E-state index contributed by atoms with van der Waals surface area (Å²) in [7, 11) is 0. The summed E-state index contributed by atoms with van der Waals surface area (Å²) in [6.07, 6.45) is -3.92. The number of aliphatic hydroxyl groups is 1. The van der Waals surface area contributed by atoms with Crippen LogP contribution in [0.15, 0.2) is 0 Å². The lowest BCUT2D eigenvalue weighted by molar-refractivity contribution is -0.202. The zero-order valence-corrected chi connectivity index (χ0v) is 12.3. The van der Waals surface area contributed by atoms with Gasteiger partial charge in [-0.2, -0.15) is 13.2 Å². The molecule has 1 amide bonds. The molecule has 1 fully saturated rings. The molecule has 0 bridgehead atoms. The van der Waals surface area contributed by atoms with Crippen molar-refractivity contribution < 1.29 is 23.1 Å². The van der Waals surface area contributed by atoms with E-state index in [0.717, 1.165) is 12.8 Å². The number of hydrogen-bond acceptors (Lipinski definition) is 2. The Bertz CT molecular complexity index is 328. The monoisotopic (exact) mass is 295 g/mol. The van der Waals surface area contributed by atoms with E-state index in [4.69, 9.17) is 5.11 Å². The van der Waals surface area contributed by atoms with Gasteiger partial charge in [0.2, 0.25) is 5.91 Å². The van der Waals surface area contributed by atoms with E-state index in [1.807, 2.05) is 0 Å². The van der Waals surface area contributed by atoms with Crippen molar-refractivity contribution in [3.63, 3.8) is 0 Å². The van der Waals surface area contributed by atoms with Crippen molar-refractivity contribution in [1.29, 1.82) is 0 Å². The van der Waals surface area contributed by atoms with Crippen molar-refractivity contribution in [2.75, 3.05) is 6.54 Å². The van der Waals surface area contributed by atoms with Crippen LogP contribution in [0.1, 0.15) is 46.5 Å². The van der Waals surface area contributed by atoms with E-state index in [9.17, 15) is 18.0 Å². The largest absolute Gasteiger partial charge is 0.416 e. The van der Waals surface area contributed by atoms with Crippen molar-refractivity contribution in [2.45, 2.75) is 58.7 Å². The summed E-state index contributed by atoms with van der Waals surface area (Å²) in [6, 6.07) is 0. The number of hydrogen-bond donors (Lipinski definition) is 2. The summed E-state index contributed by atoms with van der Waals surface area (Å²) < 4.78 is 36.4. The van der Waals surface area contributed by atoms with Gasteiger partial charge in [-0.15, -0.1) is 0 Å². The Morgan fingerprint density at radius 1 is 1.20 bits per heavy atom. The summed E-state index contributed by atoms with van der Waals surface area (Å²) in [5, 5.41) is 11.0. The molecule has 0 aromatic heterocycles. The Morgan fingerprint density at radius 3 is 2.10 bits per heavy atom. The van der Waals surface area contributed by atoms with E-state index in [-0.39, 0.29) is 17.2 Å². The quantitative estimate of drug-likeness (QED) is 0.841. The average Bonchev–Trinajstić information content (AvgIpc) is 2.33. The highest BCUT2D eigenvalue weighted by atomic mass is 19.4. The minimum Gasteiger partial charge on any atom is -0.382 e. The molecule has 0 aromatic carbocycles. The maximum atomic E-state index is 12.1. The van der Waals surface area contributed by atoms with Gasteiger partial charge in [0.05, 0.1) is 6.54 Å². The van der Waals surface area contributed by atoms with Crippen LogP contribution in [0.2, 0.25) is 0 Å². The van der Waals surface area contributed by atoms with Gasteiger partial charge < -0.3 is 10.4 Å². The number of amides is 1. The van der Waals surface area contributed by atoms with Crippen molar-refractivity contribution >= 4 is 5.91 Å². The first-order valence-corrected chi connectivity index (χ1v) is 7.04. The highest BCUT2D eigenvalue weighted by molar-refractivity contribution is 5.78. The molecule has 3 nitrogen and oxygen atoms in total. The van der Waals surface area contributed by atoms with Gasteiger partial charge in [0.25, 0.3) is 0 Å². The van der Waals surface area contributed by atoms with Crippen LogP contribution in [0.5, 0.6) is 0 Å². The average molecular weight is 295 g/mol. The van der Waals surface area contributed by atoms with Gasteiger partial charge in [0.1, 0.15) is 0 Å². The Balaban J connectivity index is 2.37. The second-order valence-electron chi connectivity index (χ2n) is 6.72. The molecule has 0 radical (unpaired) electrons. The summed E-state index contributed by atoms with van der Waals surface area (Å²) in [5.74, 6) is -0.0537. The van der Waals surface area contributed by atoms with Crippen LogP contribution in [-0.2, 0) is 4.79 Å². The molecule has 1 aliphatic rings. The van der Waals surface area contributed by atoms with Gasteiger partial charge in [-0.05, 0) is 37.0 Å². The third kappa shape index (κ3) is 4.96. The number of rotatable bonds is 3. The van der Waals surface area contributed by atoms with Crippen LogP contribution in [-0.4, -0.2) is 29.8 Å². The Labute approximate surface area is 117 Å². The molecule has 1 unspecified atom stereocenters. The lowest BCUT2D eigenvalue weighted by Crippen LogP contribution is -2.43. The molecule has 0 spiro atoms. The van der Waals surface area contributed by atoms with Gasteiger partial charge in [0, 0.05) is 5.92 Å². The second kappa shape index (κ2) is 6.33. The minimum atomic E-state index is -4.68. The Kier molecular flexibility index (Phi) is 5.46. The number of alkyl halides is 3. The molecule has 0 aromatic rings. The molecule has 20 heavy (non-hydrogen) atoms. The molecule has 1 aliphatic carbocycles. The smallest absolute Gasteiger partial charge is 0.382 e. The molecule has 0 saturated heterocycles. The van der Waals surface area contributed by atoms with Gasteiger partial charge >= 0.3 is 6.18 Å². The first-order valence-electron chi connectivity index (χ1n) is 7.04. The maximum Gasteiger partial charge on any atom is 0.416 e. The van der Waals surface area contributed by atoms with Gasteiger partial charge in [-0.1, -0.05) is 20.8 Å². The molecule has 1 atom stereocenters. The van der Waals surface area contributed by atoms with E-state index in [1.165, 1.54) is 0 Å². The molecule has 2 N–H and O–H groups in total. The predicted octanol–water partition coefficient (Wildman–Crippen LogP) is 2.88. The van der Waals surface area contributed by atoms with Crippen LogP contribution in [0.3, 0.4) is 0 Å². The third-order valence-electron chi connectivity index (χ3n) is 4.17. The highest BCUT2D eigenvalue weighted by Gasteiger charge is 2.39. The summed E-state index contributed by atoms with van der Waals surface area (Å²) in [5.41, 5.74) is 0.202. The van der Waals surface area contributed by atoms with Gasteiger partial charge in [-0.25, -0.2) is 0 Å². The standard InChI is InChI=1S/C14H24F3NO2/c1-13(2,3)10-6-4-9(5-7-10)12(20)18-8-11(19)14(15,16)17/h9-11,19H,4-8H2,1-3H3,(H,18,20). The third-order valence-corrected chi connectivity index (χ3v) is 4.17. The number of aliphatic hydroxyl groups excluding tert-OH is 1. The molecule has 118 valence electrons. The fourth-order valence-corrected chi connectivity index (χ4v) is 2.68. The minimum absolute atomic E-state index is 0.202. The lowest BCUT2D eigenvalue weighted by Gasteiger charge is -2.36. The van der Waals surface area contributed by atoms with Crippen LogP contribution in [0.25, 0.3) is 0 Å². The van der Waals surface area contributed by atoms with Crippen molar-refractivity contribution in [2.24, 2.45) is 17.3 Å². The topological polar surface area (TPSA) is 49.3 Å². The number of nitrogens with one attached hydrogen (secondary N) is 1. The normalized spacial score (nSPS) is 26.1. The molecule has 0 aliphatic heterocycles. The van der Waals surface area contributed by atoms with Crippen molar-refractivity contribution in [1.82, 2.24) is 5.32 Å². The molecular weight excluding hydrogens is 271 g/mol. The van der Waals surface area contributed by atoms with Crippen molar-refractivity contribution in [3.05, 3.63) is 0 Å². The molecule has 1 saturated carbocycles. The van der Waals surface area contributed by atoms with E-state index < -0.39 is 18.8 Å². The Hall–Kier alpha value is -0.780. The van der Waals surface area contributed by atoms with E-state index in [0.29, 0.717) is 18.8 Å². The molecular formula is C14H24F3NO2. The second-order valence-corrected chi connectivity index (χ2v) is 6.72. The summed E-state index contributed by atoms with van der Waals surface area (Å²) >= 11 is 0. The predicted molar refractivity (Wildman–Crippen MR) is 70.0 cm³/mol. The lowest BCUT2D eigenvalue weighted by atomic mass is 9.69. The maximum absolute atomic E-state index is 12.1. The Morgan fingerprint density at radius 2 is 1.70 bits per heavy atom. The number of halogens is 3. The zero-order valence-electron chi connectivity index (χ0n) is 12.3. The number of carbonyl (C=O) groups excluding carboxylic acids is 1. The summed E-state index contributed by atoms with van der Waals surface area (Å²) in [6.45, 7) is 5.73. The first-order chi connectivity index (χ1) is 9.01. The van der Waals surface area contributed by atoms with Crippen LogP contribution in [0.4, 0.5) is 13.2 Å². The molecule has 1 rings (SSSR count). The van der Waals surface area contributed by atoms with Crippen LogP contribution < -0.4 is 5.32 Å². The van der Waals surface area contributed by atoms with Gasteiger partial charge in [0.15, 0.2) is 6.10 Å². The van der Waals surface area contributed by atoms with E-state index >= 15 is 0 Å². The fourth-order valence-electron chi connectivity index (χ4n) is 2.68. The van der Waals surface area contributed by atoms with Crippen LogP contribution in [0, 0.1) is 17.3 Å². The SMILES string of the molecule is CC(C)(C)C1CCC(C(=O)NCC(O)C(F)(F)F)CC1. The van der Waals surface area contributed by atoms with E-state index in [2.05, 4.69) is 26.1 Å². The zero-order chi connectivity index (χ0) is 15.6. The van der Waals surface area contributed by atoms with Crippen molar-refractivity contribution in [3.8, 4) is 0 Å².